The number of rotatable bonds is 7. The predicted octanol–water partition coefficient (Wildman–Crippen LogP) is 4.71. The van der Waals surface area contributed by atoms with Crippen LogP contribution in [-0.4, -0.2) is 18.1 Å². The highest BCUT2D eigenvalue weighted by Gasteiger charge is 2.27. The zero-order valence-corrected chi connectivity index (χ0v) is 13.2. The van der Waals surface area contributed by atoms with Gasteiger partial charge in [-0.3, -0.25) is 0 Å². The zero-order chi connectivity index (χ0) is 12.8. The summed E-state index contributed by atoms with van der Waals surface area (Å²) in [6, 6.07) is 5.73. The monoisotopic (exact) mass is 283 g/mol. The Kier molecular flexibility index (Phi) is 6.06. The Hall–Kier alpha value is 0.01000. The minimum absolute atomic E-state index is 0.601. The SMILES string of the molecule is CSCCC(C)NC(c1cccs1)C1CCCC1. The van der Waals surface area contributed by atoms with E-state index in [4.69, 9.17) is 0 Å². The maximum absolute atomic E-state index is 3.89. The maximum atomic E-state index is 3.89. The summed E-state index contributed by atoms with van der Waals surface area (Å²) in [4.78, 5) is 1.54. The quantitative estimate of drug-likeness (QED) is 0.777. The fourth-order valence-corrected chi connectivity index (χ4v) is 4.36. The standard InChI is InChI=1S/C15H25NS2/c1-12(9-11-17-2)16-15(13-6-3-4-7-13)14-8-5-10-18-14/h5,8,10,12-13,15-16H,3-4,6-7,9,11H2,1-2H3. The van der Waals surface area contributed by atoms with Crippen LogP contribution in [-0.2, 0) is 0 Å². The lowest BCUT2D eigenvalue weighted by atomic mass is 9.95. The largest absolute Gasteiger partial charge is 0.306 e. The fourth-order valence-electron chi connectivity index (χ4n) is 2.89. The minimum atomic E-state index is 0.601. The van der Waals surface area contributed by atoms with E-state index in [1.165, 1.54) is 42.7 Å². The van der Waals surface area contributed by atoms with E-state index in [0.717, 1.165) is 5.92 Å². The molecule has 1 aliphatic carbocycles. The molecule has 0 amide bonds. The molecule has 0 saturated heterocycles. The van der Waals surface area contributed by atoms with Crippen molar-refractivity contribution < 1.29 is 0 Å². The van der Waals surface area contributed by atoms with Crippen molar-refractivity contribution in [1.29, 1.82) is 0 Å². The Balaban J connectivity index is 1.96. The topological polar surface area (TPSA) is 12.0 Å². The van der Waals surface area contributed by atoms with E-state index in [0.29, 0.717) is 12.1 Å². The summed E-state index contributed by atoms with van der Waals surface area (Å²) in [6.07, 6.45) is 9.13. The van der Waals surface area contributed by atoms with Crippen molar-refractivity contribution in [3.63, 3.8) is 0 Å². The fraction of sp³-hybridized carbons (Fsp3) is 0.733. The van der Waals surface area contributed by atoms with Crippen LogP contribution in [0, 0.1) is 5.92 Å². The van der Waals surface area contributed by atoms with Crippen molar-refractivity contribution in [1.82, 2.24) is 5.32 Å². The molecular formula is C15H25NS2. The van der Waals surface area contributed by atoms with E-state index in [1.54, 1.807) is 0 Å². The second-order valence-corrected chi connectivity index (χ2v) is 7.35. The molecule has 2 rings (SSSR count). The average molecular weight is 284 g/mol. The van der Waals surface area contributed by atoms with Gasteiger partial charge in [-0.2, -0.15) is 11.8 Å². The first kappa shape index (κ1) is 14.4. The summed E-state index contributed by atoms with van der Waals surface area (Å²) in [7, 11) is 0. The third-order valence-electron chi connectivity index (χ3n) is 3.94. The van der Waals surface area contributed by atoms with Gasteiger partial charge in [0.1, 0.15) is 0 Å². The van der Waals surface area contributed by atoms with Crippen molar-refractivity contribution in [3.05, 3.63) is 22.4 Å². The third kappa shape index (κ3) is 4.01. The Morgan fingerprint density at radius 2 is 2.22 bits per heavy atom. The predicted molar refractivity (Wildman–Crippen MR) is 84.6 cm³/mol. The van der Waals surface area contributed by atoms with Gasteiger partial charge < -0.3 is 5.32 Å². The molecule has 0 radical (unpaired) electrons. The van der Waals surface area contributed by atoms with Crippen molar-refractivity contribution >= 4 is 23.1 Å². The molecule has 1 nitrogen and oxygen atoms in total. The first-order chi connectivity index (χ1) is 8.81. The Morgan fingerprint density at radius 1 is 1.44 bits per heavy atom. The van der Waals surface area contributed by atoms with E-state index >= 15 is 0 Å². The molecule has 1 heterocycles. The van der Waals surface area contributed by atoms with E-state index in [-0.39, 0.29) is 0 Å². The van der Waals surface area contributed by atoms with Gasteiger partial charge in [0.05, 0.1) is 0 Å². The van der Waals surface area contributed by atoms with Crippen molar-refractivity contribution in [3.8, 4) is 0 Å². The van der Waals surface area contributed by atoms with Gasteiger partial charge in [-0.25, -0.2) is 0 Å². The first-order valence-corrected chi connectivity index (χ1v) is 9.37. The van der Waals surface area contributed by atoms with Gasteiger partial charge in [-0.1, -0.05) is 18.9 Å². The van der Waals surface area contributed by atoms with Crippen molar-refractivity contribution in [2.45, 2.75) is 51.1 Å². The molecule has 1 fully saturated rings. The summed E-state index contributed by atoms with van der Waals surface area (Å²) in [5, 5.41) is 6.11. The van der Waals surface area contributed by atoms with E-state index in [9.17, 15) is 0 Å². The van der Waals surface area contributed by atoms with E-state index < -0.39 is 0 Å². The molecule has 2 unspecified atom stereocenters. The molecule has 18 heavy (non-hydrogen) atoms. The Labute approximate surface area is 120 Å². The molecule has 1 saturated carbocycles. The van der Waals surface area contributed by atoms with Gasteiger partial charge in [-0.05, 0) is 55.6 Å². The van der Waals surface area contributed by atoms with Gasteiger partial charge in [0, 0.05) is 17.0 Å². The molecule has 1 aromatic heterocycles. The highest BCUT2D eigenvalue weighted by atomic mass is 32.2. The normalized spacial score (nSPS) is 20.1. The number of hydrogen-bond acceptors (Lipinski definition) is 3. The van der Waals surface area contributed by atoms with Crippen LogP contribution in [0.2, 0.25) is 0 Å². The number of hydrogen-bond donors (Lipinski definition) is 1. The van der Waals surface area contributed by atoms with Gasteiger partial charge in [0.2, 0.25) is 0 Å². The average Bonchev–Trinajstić information content (AvgIpc) is 3.05. The first-order valence-electron chi connectivity index (χ1n) is 7.09. The van der Waals surface area contributed by atoms with Crippen LogP contribution in [0.1, 0.15) is 49.9 Å². The molecule has 0 spiro atoms. The van der Waals surface area contributed by atoms with Gasteiger partial charge >= 0.3 is 0 Å². The van der Waals surface area contributed by atoms with Gasteiger partial charge in [-0.15, -0.1) is 11.3 Å². The van der Waals surface area contributed by atoms with E-state index in [2.05, 4.69) is 36.0 Å². The molecule has 2 atom stereocenters. The smallest absolute Gasteiger partial charge is 0.0445 e. The Bertz CT molecular complexity index is 317. The number of nitrogens with one attached hydrogen (secondary N) is 1. The summed E-state index contributed by atoms with van der Waals surface area (Å²) in [5.74, 6) is 2.12. The molecular weight excluding hydrogens is 258 g/mol. The Morgan fingerprint density at radius 3 is 2.83 bits per heavy atom. The van der Waals surface area contributed by atoms with Crippen LogP contribution >= 0.6 is 23.1 Å². The van der Waals surface area contributed by atoms with Gasteiger partial charge in [0.15, 0.2) is 0 Å². The minimum Gasteiger partial charge on any atom is -0.306 e. The lowest BCUT2D eigenvalue weighted by Gasteiger charge is -2.27. The van der Waals surface area contributed by atoms with E-state index in [1.807, 2.05) is 23.1 Å². The molecule has 0 bridgehead atoms. The van der Waals surface area contributed by atoms with Crippen LogP contribution < -0.4 is 5.32 Å². The molecule has 1 aliphatic rings. The maximum Gasteiger partial charge on any atom is 0.0445 e. The second kappa shape index (κ2) is 7.56. The number of thioether (sulfide) groups is 1. The van der Waals surface area contributed by atoms with Crippen molar-refractivity contribution in [2.24, 2.45) is 5.92 Å². The van der Waals surface area contributed by atoms with Crippen molar-refractivity contribution in [2.75, 3.05) is 12.0 Å². The zero-order valence-electron chi connectivity index (χ0n) is 11.5. The highest BCUT2D eigenvalue weighted by Crippen LogP contribution is 2.37. The van der Waals surface area contributed by atoms with Crippen LogP contribution in [0.15, 0.2) is 17.5 Å². The van der Waals surface area contributed by atoms with Crippen LogP contribution in [0.4, 0.5) is 0 Å². The van der Waals surface area contributed by atoms with Crippen LogP contribution in [0.5, 0.6) is 0 Å². The molecule has 1 aromatic rings. The summed E-state index contributed by atoms with van der Waals surface area (Å²) >= 11 is 3.87. The molecule has 3 heteroatoms. The highest BCUT2D eigenvalue weighted by molar-refractivity contribution is 7.98. The lowest BCUT2D eigenvalue weighted by molar-refractivity contribution is 0.337. The molecule has 1 N–H and O–H groups in total. The molecule has 102 valence electrons. The van der Waals surface area contributed by atoms with Crippen LogP contribution in [0.3, 0.4) is 0 Å². The van der Waals surface area contributed by atoms with Gasteiger partial charge in [0.25, 0.3) is 0 Å². The molecule has 0 aromatic carbocycles. The summed E-state index contributed by atoms with van der Waals surface area (Å²) in [6.45, 7) is 2.34. The summed E-state index contributed by atoms with van der Waals surface area (Å²) < 4.78 is 0. The molecule has 0 aliphatic heterocycles. The third-order valence-corrected chi connectivity index (χ3v) is 5.54. The summed E-state index contributed by atoms with van der Waals surface area (Å²) in [5.41, 5.74) is 0. The lowest BCUT2D eigenvalue weighted by Crippen LogP contribution is -2.34. The van der Waals surface area contributed by atoms with Crippen LogP contribution in [0.25, 0.3) is 0 Å². The second-order valence-electron chi connectivity index (χ2n) is 5.39. The number of thiophene rings is 1.